The molecule has 0 spiro atoms. The van der Waals surface area contributed by atoms with Gasteiger partial charge in [0, 0.05) is 13.1 Å². The molecular formula is C16H22N2O3. The lowest BCUT2D eigenvalue weighted by molar-refractivity contribution is -0.136. The highest BCUT2D eigenvalue weighted by Gasteiger charge is 2.30. The predicted octanol–water partition coefficient (Wildman–Crippen LogP) is 2.57. The Labute approximate surface area is 125 Å². The summed E-state index contributed by atoms with van der Waals surface area (Å²) in [6, 6.07) is 8.16. The molecule has 0 saturated carbocycles. The zero-order chi connectivity index (χ0) is 15.2. The highest BCUT2D eigenvalue weighted by atomic mass is 16.4. The number of hydrogen-bond acceptors (Lipinski definition) is 2. The van der Waals surface area contributed by atoms with Crippen molar-refractivity contribution >= 4 is 12.0 Å². The Morgan fingerprint density at radius 2 is 2.14 bits per heavy atom. The first-order valence-corrected chi connectivity index (χ1v) is 7.47. The van der Waals surface area contributed by atoms with E-state index in [9.17, 15) is 9.59 Å². The van der Waals surface area contributed by atoms with E-state index in [1.54, 1.807) is 0 Å². The van der Waals surface area contributed by atoms with Crippen LogP contribution < -0.4 is 5.32 Å². The molecular weight excluding hydrogens is 268 g/mol. The number of rotatable bonds is 6. The number of urea groups is 1. The van der Waals surface area contributed by atoms with Crippen LogP contribution in [0.2, 0.25) is 0 Å². The summed E-state index contributed by atoms with van der Waals surface area (Å²) in [6.07, 6.45) is 2.76. The van der Waals surface area contributed by atoms with Gasteiger partial charge in [0.25, 0.3) is 0 Å². The number of carbonyl (C=O) groups is 2. The van der Waals surface area contributed by atoms with Crippen LogP contribution in [0.1, 0.15) is 43.4 Å². The summed E-state index contributed by atoms with van der Waals surface area (Å²) in [5.74, 6) is -0.899. The lowest BCUT2D eigenvalue weighted by atomic mass is 10.1. The minimum atomic E-state index is -0.899. The van der Waals surface area contributed by atoms with Crippen LogP contribution in [0.4, 0.5) is 4.79 Å². The van der Waals surface area contributed by atoms with Crippen LogP contribution in [-0.4, -0.2) is 35.1 Å². The van der Waals surface area contributed by atoms with Crippen LogP contribution in [0.25, 0.3) is 0 Å². The minimum absolute atomic E-state index is 0.0487. The summed E-state index contributed by atoms with van der Waals surface area (Å²) in [4.78, 5) is 24.7. The maximum Gasteiger partial charge on any atom is 0.317 e. The van der Waals surface area contributed by atoms with Crippen molar-refractivity contribution in [1.82, 2.24) is 10.2 Å². The van der Waals surface area contributed by atoms with E-state index in [2.05, 4.69) is 17.4 Å². The molecule has 0 saturated heterocycles. The number of carbonyl (C=O) groups excluding carboxylic acids is 1. The van der Waals surface area contributed by atoms with Crippen molar-refractivity contribution in [3.8, 4) is 0 Å². The fourth-order valence-corrected chi connectivity index (χ4v) is 2.88. The highest BCUT2D eigenvalue weighted by Crippen LogP contribution is 2.35. The maximum atomic E-state index is 12.3. The van der Waals surface area contributed by atoms with Gasteiger partial charge in [-0.05, 0) is 30.4 Å². The van der Waals surface area contributed by atoms with E-state index in [1.165, 1.54) is 11.1 Å². The molecule has 1 atom stereocenters. The molecule has 0 aromatic heterocycles. The van der Waals surface area contributed by atoms with Crippen LogP contribution >= 0.6 is 0 Å². The van der Waals surface area contributed by atoms with Crippen molar-refractivity contribution in [2.24, 2.45) is 0 Å². The van der Waals surface area contributed by atoms with Gasteiger partial charge in [0.1, 0.15) is 0 Å². The van der Waals surface area contributed by atoms with Gasteiger partial charge in [0.05, 0.1) is 12.5 Å². The molecule has 0 aliphatic heterocycles. The SMILES string of the molecule is CCCN(C(=O)NCCC(=O)O)C1CCc2ccccc21. The van der Waals surface area contributed by atoms with Gasteiger partial charge in [-0.3, -0.25) is 4.79 Å². The number of aryl methyl sites for hydroxylation is 1. The van der Waals surface area contributed by atoms with Crippen molar-refractivity contribution in [2.75, 3.05) is 13.1 Å². The van der Waals surface area contributed by atoms with Gasteiger partial charge in [-0.25, -0.2) is 4.79 Å². The van der Waals surface area contributed by atoms with E-state index in [0.29, 0.717) is 6.54 Å². The first-order valence-electron chi connectivity index (χ1n) is 7.47. The van der Waals surface area contributed by atoms with Crippen molar-refractivity contribution in [3.63, 3.8) is 0 Å². The van der Waals surface area contributed by atoms with Crippen molar-refractivity contribution < 1.29 is 14.7 Å². The second-order valence-corrected chi connectivity index (χ2v) is 5.32. The lowest BCUT2D eigenvalue weighted by Crippen LogP contribution is -2.42. The van der Waals surface area contributed by atoms with E-state index in [4.69, 9.17) is 5.11 Å². The largest absolute Gasteiger partial charge is 0.481 e. The first-order chi connectivity index (χ1) is 10.1. The van der Waals surface area contributed by atoms with Crippen LogP contribution in [0.3, 0.4) is 0 Å². The van der Waals surface area contributed by atoms with E-state index < -0.39 is 5.97 Å². The van der Waals surface area contributed by atoms with Gasteiger partial charge >= 0.3 is 12.0 Å². The molecule has 0 fully saturated rings. The number of carboxylic acid groups (broad SMARTS) is 1. The minimum Gasteiger partial charge on any atom is -0.481 e. The maximum absolute atomic E-state index is 12.3. The predicted molar refractivity (Wildman–Crippen MR) is 80.2 cm³/mol. The summed E-state index contributed by atoms with van der Waals surface area (Å²) in [5.41, 5.74) is 2.53. The fourth-order valence-electron chi connectivity index (χ4n) is 2.88. The number of fused-ring (bicyclic) bond motifs is 1. The number of nitrogens with zero attached hydrogens (tertiary/aromatic N) is 1. The van der Waals surface area contributed by atoms with Gasteiger partial charge < -0.3 is 15.3 Å². The molecule has 114 valence electrons. The van der Waals surface area contributed by atoms with E-state index in [1.807, 2.05) is 24.0 Å². The number of hydrogen-bond donors (Lipinski definition) is 2. The van der Waals surface area contributed by atoms with Crippen LogP contribution in [0.15, 0.2) is 24.3 Å². The average molecular weight is 290 g/mol. The standard InChI is InChI=1S/C16H22N2O3/c1-2-11-18(16(21)17-10-9-15(19)20)14-8-7-12-5-3-4-6-13(12)14/h3-6,14H,2,7-11H2,1H3,(H,17,21)(H,19,20). The monoisotopic (exact) mass is 290 g/mol. The van der Waals surface area contributed by atoms with Gasteiger partial charge in [0.15, 0.2) is 0 Å². The number of aliphatic carboxylic acids is 1. The molecule has 21 heavy (non-hydrogen) atoms. The van der Waals surface area contributed by atoms with Gasteiger partial charge in [-0.15, -0.1) is 0 Å². The van der Waals surface area contributed by atoms with Crippen molar-refractivity contribution in [2.45, 2.75) is 38.6 Å². The quantitative estimate of drug-likeness (QED) is 0.846. The number of carboxylic acids is 1. The molecule has 1 aromatic rings. The molecule has 5 nitrogen and oxygen atoms in total. The molecule has 1 aromatic carbocycles. The number of nitrogens with one attached hydrogen (secondary N) is 1. The van der Waals surface area contributed by atoms with Crippen LogP contribution in [0.5, 0.6) is 0 Å². The normalized spacial score (nSPS) is 16.3. The van der Waals surface area contributed by atoms with E-state index in [0.717, 1.165) is 19.3 Å². The molecule has 0 bridgehead atoms. The molecule has 2 rings (SSSR count). The Kier molecular flexibility index (Phi) is 5.20. The summed E-state index contributed by atoms with van der Waals surface area (Å²) in [7, 11) is 0. The van der Waals surface area contributed by atoms with Crippen LogP contribution in [0, 0.1) is 0 Å². The second kappa shape index (κ2) is 7.11. The summed E-state index contributed by atoms with van der Waals surface area (Å²) >= 11 is 0. The third kappa shape index (κ3) is 3.74. The molecule has 1 unspecified atom stereocenters. The summed E-state index contributed by atoms with van der Waals surface area (Å²) in [5, 5.41) is 11.4. The van der Waals surface area contributed by atoms with E-state index in [-0.39, 0.29) is 25.0 Å². The molecule has 5 heteroatoms. The molecule has 1 aliphatic rings. The topological polar surface area (TPSA) is 69.6 Å². The fraction of sp³-hybridized carbons (Fsp3) is 0.500. The third-order valence-corrected chi connectivity index (χ3v) is 3.82. The molecule has 1 aliphatic carbocycles. The van der Waals surface area contributed by atoms with Gasteiger partial charge in [-0.2, -0.15) is 0 Å². The van der Waals surface area contributed by atoms with Crippen molar-refractivity contribution in [1.29, 1.82) is 0 Å². The number of benzene rings is 1. The first kappa shape index (κ1) is 15.4. The average Bonchev–Trinajstić information content (AvgIpc) is 2.88. The number of amides is 2. The summed E-state index contributed by atoms with van der Waals surface area (Å²) < 4.78 is 0. The Morgan fingerprint density at radius 3 is 2.86 bits per heavy atom. The smallest absolute Gasteiger partial charge is 0.317 e. The Bertz CT molecular complexity index is 516. The Balaban J connectivity index is 2.05. The lowest BCUT2D eigenvalue weighted by Gasteiger charge is -2.29. The molecule has 0 radical (unpaired) electrons. The zero-order valence-corrected chi connectivity index (χ0v) is 12.3. The summed E-state index contributed by atoms with van der Waals surface area (Å²) in [6.45, 7) is 2.89. The zero-order valence-electron chi connectivity index (χ0n) is 12.3. The molecule has 2 N–H and O–H groups in total. The Morgan fingerprint density at radius 1 is 1.38 bits per heavy atom. The molecule has 0 heterocycles. The highest BCUT2D eigenvalue weighted by molar-refractivity contribution is 5.76. The second-order valence-electron chi connectivity index (χ2n) is 5.32. The Hall–Kier alpha value is -2.04. The van der Waals surface area contributed by atoms with Gasteiger partial charge in [0.2, 0.25) is 0 Å². The van der Waals surface area contributed by atoms with Crippen molar-refractivity contribution in [3.05, 3.63) is 35.4 Å². The van der Waals surface area contributed by atoms with Crippen LogP contribution in [-0.2, 0) is 11.2 Å². The third-order valence-electron chi connectivity index (χ3n) is 3.82. The molecule has 2 amide bonds. The van der Waals surface area contributed by atoms with Gasteiger partial charge in [-0.1, -0.05) is 31.2 Å². The van der Waals surface area contributed by atoms with E-state index >= 15 is 0 Å².